The maximum Gasteiger partial charge on any atom is 0.164 e. The average Bonchev–Trinajstić information content (AvgIpc) is 3.87. The fraction of sp³-hybridized carbons (Fsp3) is 0. The van der Waals surface area contributed by atoms with Crippen LogP contribution in [0.3, 0.4) is 0 Å². The second-order valence-corrected chi connectivity index (χ2v) is 17.1. The van der Waals surface area contributed by atoms with Crippen LogP contribution in [-0.2, 0) is 0 Å². The van der Waals surface area contributed by atoms with Crippen LogP contribution in [0, 0.1) is 0 Å². The molecule has 13 aromatic rings. The molecule has 0 atom stereocenters. The van der Waals surface area contributed by atoms with Crippen molar-refractivity contribution in [1.29, 1.82) is 0 Å². The Morgan fingerprint density at radius 2 is 0.806 bits per heavy atom. The van der Waals surface area contributed by atoms with Gasteiger partial charge in [0.25, 0.3) is 0 Å². The standard InChI is InChI=1S/C57H34N4S/c1-3-13-37-29-42(23-21-35(37)11-1)55-58-56(43-24-22-36-12-2-4-14-38(36)30-43)60-57(59-55)44-26-28-51(48(32-44)41-25-27-47-46-18-8-10-20-53(46)62-54(47)34-41)61-50-19-9-7-17-45(50)49-31-39-15-5-6-16-40(39)33-52(49)61/h1-34H. The number of fused-ring (bicyclic) bond motifs is 9. The first-order valence-electron chi connectivity index (χ1n) is 20.9. The molecule has 0 saturated heterocycles. The Labute approximate surface area is 360 Å². The highest BCUT2D eigenvalue weighted by molar-refractivity contribution is 7.25. The molecule has 0 N–H and O–H groups in total. The molecule has 13 rings (SSSR count). The molecule has 288 valence electrons. The maximum atomic E-state index is 5.28. The van der Waals surface area contributed by atoms with E-state index in [-0.39, 0.29) is 0 Å². The van der Waals surface area contributed by atoms with Crippen LogP contribution >= 0.6 is 11.3 Å². The third kappa shape index (κ3) is 5.63. The van der Waals surface area contributed by atoms with E-state index in [0.29, 0.717) is 17.5 Å². The predicted molar refractivity (Wildman–Crippen MR) is 261 cm³/mol. The summed E-state index contributed by atoms with van der Waals surface area (Å²) in [6, 6.07) is 74.2. The average molecular weight is 807 g/mol. The minimum atomic E-state index is 0.621. The monoisotopic (exact) mass is 806 g/mol. The van der Waals surface area contributed by atoms with Gasteiger partial charge in [-0.2, -0.15) is 0 Å². The summed E-state index contributed by atoms with van der Waals surface area (Å²) in [6.07, 6.45) is 0. The van der Waals surface area contributed by atoms with E-state index in [4.69, 9.17) is 15.0 Å². The van der Waals surface area contributed by atoms with Crippen LogP contribution < -0.4 is 0 Å². The van der Waals surface area contributed by atoms with Gasteiger partial charge in [-0.3, -0.25) is 0 Å². The van der Waals surface area contributed by atoms with Gasteiger partial charge in [-0.05, 0) is 98.5 Å². The van der Waals surface area contributed by atoms with Crippen LogP contribution in [0.2, 0.25) is 0 Å². The van der Waals surface area contributed by atoms with Crippen LogP contribution in [0.4, 0.5) is 0 Å². The molecule has 0 spiro atoms. The number of para-hydroxylation sites is 1. The first kappa shape index (κ1) is 34.8. The lowest BCUT2D eigenvalue weighted by atomic mass is 9.98. The van der Waals surface area contributed by atoms with Crippen LogP contribution in [-0.4, -0.2) is 19.5 Å². The number of hydrogen-bond donors (Lipinski definition) is 0. The molecule has 0 bridgehead atoms. The van der Waals surface area contributed by atoms with Crippen LogP contribution in [0.5, 0.6) is 0 Å². The van der Waals surface area contributed by atoms with E-state index in [0.717, 1.165) is 49.8 Å². The van der Waals surface area contributed by atoms with Gasteiger partial charge in [-0.25, -0.2) is 15.0 Å². The molecule has 4 nitrogen and oxygen atoms in total. The molecule has 0 amide bonds. The van der Waals surface area contributed by atoms with Gasteiger partial charge in [-0.1, -0.05) is 146 Å². The minimum Gasteiger partial charge on any atom is -0.309 e. The maximum absolute atomic E-state index is 5.28. The smallest absolute Gasteiger partial charge is 0.164 e. The Morgan fingerprint density at radius 3 is 1.48 bits per heavy atom. The summed E-state index contributed by atoms with van der Waals surface area (Å²) in [7, 11) is 0. The SMILES string of the molecule is c1ccc2cc(-c3nc(-c4ccc(-n5c6ccccc6c6cc7ccccc7cc65)c(-c5ccc6c(c5)sc5ccccc56)c4)nc(-c4ccc5ccccc5c4)n3)ccc2c1. The molecule has 0 fully saturated rings. The first-order valence-corrected chi connectivity index (χ1v) is 21.7. The van der Waals surface area contributed by atoms with Crippen molar-refractivity contribution in [3.8, 4) is 51.0 Å². The fourth-order valence-corrected chi connectivity index (χ4v) is 10.5. The van der Waals surface area contributed by atoms with Gasteiger partial charge in [0.1, 0.15) is 0 Å². The zero-order chi connectivity index (χ0) is 40.7. The lowest BCUT2D eigenvalue weighted by Gasteiger charge is -2.17. The van der Waals surface area contributed by atoms with Gasteiger partial charge < -0.3 is 4.57 Å². The molecule has 10 aromatic carbocycles. The molecule has 5 heteroatoms. The summed E-state index contributed by atoms with van der Waals surface area (Å²) in [5.41, 5.74) is 8.44. The first-order chi connectivity index (χ1) is 30.7. The van der Waals surface area contributed by atoms with Crippen molar-refractivity contribution in [3.05, 3.63) is 206 Å². The van der Waals surface area contributed by atoms with Crippen LogP contribution in [0.15, 0.2) is 206 Å². The predicted octanol–water partition coefficient (Wildman–Crippen LogP) is 15.5. The van der Waals surface area contributed by atoms with Crippen LogP contribution in [0.1, 0.15) is 0 Å². The Morgan fingerprint density at radius 1 is 0.306 bits per heavy atom. The number of thiophene rings is 1. The van der Waals surface area contributed by atoms with Gasteiger partial charge in [0.05, 0.1) is 16.7 Å². The number of benzene rings is 10. The van der Waals surface area contributed by atoms with Crippen molar-refractivity contribution in [1.82, 2.24) is 19.5 Å². The molecule has 62 heavy (non-hydrogen) atoms. The summed E-state index contributed by atoms with van der Waals surface area (Å²) in [5.74, 6) is 1.89. The molecule has 0 aliphatic carbocycles. The van der Waals surface area contributed by atoms with E-state index in [2.05, 4.69) is 211 Å². The van der Waals surface area contributed by atoms with Crippen molar-refractivity contribution >= 4 is 85.6 Å². The summed E-state index contributed by atoms with van der Waals surface area (Å²) in [6.45, 7) is 0. The molecular weight excluding hydrogens is 773 g/mol. The van der Waals surface area contributed by atoms with Gasteiger partial charge in [-0.15, -0.1) is 11.3 Å². The van der Waals surface area contributed by atoms with Crippen molar-refractivity contribution in [2.24, 2.45) is 0 Å². The van der Waals surface area contributed by atoms with Gasteiger partial charge >= 0.3 is 0 Å². The van der Waals surface area contributed by atoms with E-state index in [1.54, 1.807) is 0 Å². The number of rotatable bonds is 5. The molecule has 3 heterocycles. The number of nitrogens with zero attached hydrogens (tertiary/aromatic N) is 4. The topological polar surface area (TPSA) is 43.6 Å². The number of hydrogen-bond acceptors (Lipinski definition) is 4. The molecule has 0 saturated carbocycles. The highest BCUT2D eigenvalue weighted by Gasteiger charge is 2.20. The Hall–Kier alpha value is -7.99. The zero-order valence-corrected chi connectivity index (χ0v) is 34.1. The van der Waals surface area contributed by atoms with Crippen molar-refractivity contribution in [2.75, 3.05) is 0 Å². The van der Waals surface area contributed by atoms with Crippen molar-refractivity contribution in [3.63, 3.8) is 0 Å². The van der Waals surface area contributed by atoms with E-state index in [1.165, 1.54) is 58.0 Å². The third-order valence-electron chi connectivity index (χ3n) is 12.4. The van der Waals surface area contributed by atoms with Crippen molar-refractivity contribution < 1.29 is 0 Å². The summed E-state index contributed by atoms with van der Waals surface area (Å²) >= 11 is 1.84. The Bertz CT molecular complexity index is 3850. The van der Waals surface area contributed by atoms with E-state index < -0.39 is 0 Å². The fourth-order valence-electron chi connectivity index (χ4n) is 9.33. The van der Waals surface area contributed by atoms with E-state index in [1.807, 2.05) is 11.3 Å². The molecule has 3 aromatic heterocycles. The molecule has 0 radical (unpaired) electrons. The largest absolute Gasteiger partial charge is 0.309 e. The highest BCUT2D eigenvalue weighted by Crippen LogP contribution is 2.42. The second kappa shape index (κ2) is 13.8. The van der Waals surface area contributed by atoms with Gasteiger partial charge in [0.2, 0.25) is 0 Å². The Balaban J connectivity index is 1.07. The summed E-state index contributed by atoms with van der Waals surface area (Å²) in [5, 5.41) is 12.1. The zero-order valence-electron chi connectivity index (χ0n) is 33.3. The quantitative estimate of drug-likeness (QED) is 0.174. The van der Waals surface area contributed by atoms with Crippen LogP contribution in [0.25, 0.3) is 125 Å². The molecule has 0 aliphatic heterocycles. The van der Waals surface area contributed by atoms with Gasteiger partial charge in [0.15, 0.2) is 17.5 Å². The van der Waals surface area contributed by atoms with E-state index in [9.17, 15) is 0 Å². The normalized spacial score (nSPS) is 11.9. The lowest BCUT2D eigenvalue weighted by molar-refractivity contribution is 1.07. The van der Waals surface area contributed by atoms with E-state index >= 15 is 0 Å². The van der Waals surface area contributed by atoms with Crippen molar-refractivity contribution in [2.45, 2.75) is 0 Å². The summed E-state index contributed by atoms with van der Waals surface area (Å²) in [4.78, 5) is 15.7. The second-order valence-electron chi connectivity index (χ2n) is 16.0. The molecule has 0 unspecified atom stereocenters. The molecule has 0 aliphatic rings. The number of aromatic nitrogens is 4. The third-order valence-corrected chi connectivity index (χ3v) is 13.5. The van der Waals surface area contributed by atoms with Gasteiger partial charge in [0, 0.05) is 53.2 Å². The lowest BCUT2D eigenvalue weighted by Crippen LogP contribution is -2.02. The highest BCUT2D eigenvalue weighted by atomic mass is 32.1. The molecular formula is C57H34N4S. The minimum absolute atomic E-state index is 0.621. The summed E-state index contributed by atoms with van der Waals surface area (Å²) < 4.78 is 4.99. The Kier molecular flexibility index (Phi) is 7.74.